The van der Waals surface area contributed by atoms with Crippen LogP contribution in [0.4, 0.5) is 5.69 Å². The Morgan fingerprint density at radius 2 is 1.94 bits per heavy atom. The number of thiophene rings is 1. The minimum absolute atomic E-state index is 0.0765. The number of nitrogens with zero attached hydrogens (tertiary/aromatic N) is 3. The molecule has 0 unspecified atom stereocenters. The Labute approximate surface area is 187 Å². The predicted molar refractivity (Wildman–Crippen MR) is 122 cm³/mol. The van der Waals surface area contributed by atoms with Gasteiger partial charge in [0.1, 0.15) is 0 Å². The van der Waals surface area contributed by atoms with Gasteiger partial charge < -0.3 is 14.8 Å². The fraction of sp³-hybridized carbons (Fsp3) is 0.217. The van der Waals surface area contributed by atoms with E-state index >= 15 is 0 Å². The third-order valence-corrected chi connectivity index (χ3v) is 6.11. The van der Waals surface area contributed by atoms with Crippen LogP contribution in [0.15, 0.2) is 41.9 Å². The smallest absolute Gasteiger partial charge is 0.256 e. The molecular weight excluding hydrogens is 428 g/mol. The minimum atomic E-state index is -0.361. The number of aromatic nitrogens is 3. The molecule has 5 rings (SSSR count). The number of ketones is 1. The molecule has 162 valence electrons. The SMILES string of the molecule is CC(=O)c1cc2c(cc1NC(=O)c1cc(-c3cccs3)nc3c1cnn3C(C)C)OCO2. The molecule has 0 bridgehead atoms. The standard InChI is InChI=1S/C23H20N4O4S/c1-12(2)27-22-16(10-24-27)15(7-18(25-22)21-5-4-6-32-21)23(29)26-17-9-20-19(30-11-31-20)8-14(17)13(3)28/h4-10,12H,11H2,1-3H3,(H,26,29). The molecule has 1 aliphatic rings. The summed E-state index contributed by atoms with van der Waals surface area (Å²) in [7, 11) is 0. The van der Waals surface area contributed by atoms with E-state index in [2.05, 4.69) is 10.4 Å². The normalized spacial score (nSPS) is 12.5. The predicted octanol–water partition coefficient (Wildman–Crippen LogP) is 4.92. The average Bonchev–Trinajstić information content (AvgIpc) is 3.51. The largest absolute Gasteiger partial charge is 0.454 e. The number of nitrogens with one attached hydrogen (secondary N) is 1. The van der Waals surface area contributed by atoms with Gasteiger partial charge in [-0.2, -0.15) is 5.10 Å². The Hall–Kier alpha value is -3.72. The van der Waals surface area contributed by atoms with Crippen LogP contribution in [0.2, 0.25) is 0 Å². The zero-order valence-corrected chi connectivity index (χ0v) is 18.5. The van der Waals surface area contributed by atoms with Gasteiger partial charge in [-0.1, -0.05) is 6.07 Å². The van der Waals surface area contributed by atoms with Crippen LogP contribution in [0.1, 0.15) is 47.5 Å². The number of hydrogen-bond acceptors (Lipinski definition) is 7. The lowest BCUT2D eigenvalue weighted by Crippen LogP contribution is -2.15. The first kappa shape index (κ1) is 20.2. The van der Waals surface area contributed by atoms with E-state index in [-0.39, 0.29) is 24.5 Å². The molecule has 1 aromatic carbocycles. The Bertz CT molecular complexity index is 1360. The van der Waals surface area contributed by atoms with Gasteiger partial charge in [-0.05, 0) is 44.4 Å². The highest BCUT2D eigenvalue weighted by Gasteiger charge is 2.23. The second kappa shape index (κ2) is 7.76. The maximum Gasteiger partial charge on any atom is 0.256 e. The third-order valence-electron chi connectivity index (χ3n) is 5.21. The van der Waals surface area contributed by atoms with Crippen molar-refractivity contribution in [2.75, 3.05) is 12.1 Å². The maximum absolute atomic E-state index is 13.4. The molecule has 0 radical (unpaired) electrons. The maximum atomic E-state index is 13.4. The van der Waals surface area contributed by atoms with Crippen LogP contribution in [0, 0.1) is 0 Å². The lowest BCUT2D eigenvalue weighted by molar-refractivity contribution is 0.101. The number of ether oxygens (including phenoxy) is 2. The van der Waals surface area contributed by atoms with Crippen LogP contribution in [0.3, 0.4) is 0 Å². The first-order valence-electron chi connectivity index (χ1n) is 10.1. The number of anilines is 1. The van der Waals surface area contributed by atoms with Crippen LogP contribution in [-0.2, 0) is 0 Å². The number of fused-ring (bicyclic) bond motifs is 2. The second-order valence-electron chi connectivity index (χ2n) is 7.71. The molecule has 0 aliphatic carbocycles. The Morgan fingerprint density at radius 3 is 2.62 bits per heavy atom. The van der Waals surface area contributed by atoms with E-state index in [9.17, 15) is 9.59 Å². The van der Waals surface area contributed by atoms with Crippen LogP contribution in [0.25, 0.3) is 21.6 Å². The van der Waals surface area contributed by atoms with Crippen LogP contribution in [0.5, 0.6) is 11.5 Å². The monoisotopic (exact) mass is 448 g/mol. The summed E-state index contributed by atoms with van der Waals surface area (Å²) in [5.41, 5.74) is 2.47. The molecule has 9 heteroatoms. The van der Waals surface area contributed by atoms with Gasteiger partial charge in [0.05, 0.1) is 33.4 Å². The summed E-state index contributed by atoms with van der Waals surface area (Å²) in [6.07, 6.45) is 1.65. The number of hydrogen-bond donors (Lipinski definition) is 1. The molecule has 4 heterocycles. The summed E-state index contributed by atoms with van der Waals surface area (Å²) in [4.78, 5) is 31.4. The van der Waals surface area contributed by atoms with Gasteiger partial charge in [-0.3, -0.25) is 9.59 Å². The fourth-order valence-electron chi connectivity index (χ4n) is 3.66. The summed E-state index contributed by atoms with van der Waals surface area (Å²) < 4.78 is 12.6. The lowest BCUT2D eigenvalue weighted by atomic mass is 10.1. The minimum Gasteiger partial charge on any atom is -0.454 e. The third kappa shape index (κ3) is 3.40. The summed E-state index contributed by atoms with van der Waals surface area (Å²) in [5.74, 6) is 0.417. The molecule has 0 fully saturated rings. The van der Waals surface area contributed by atoms with Gasteiger partial charge in [0.2, 0.25) is 6.79 Å². The van der Waals surface area contributed by atoms with E-state index in [1.54, 1.807) is 40.4 Å². The number of carbonyl (C=O) groups excluding carboxylic acids is 2. The number of carbonyl (C=O) groups is 2. The van der Waals surface area contributed by atoms with Gasteiger partial charge >= 0.3 is 0 Å². The van der Waals surface area contributed by atoms with E-state index in [1.165, 1.54) is 6.92 Å². The van der Waals surface area contributed by atoms with Crippen molar-refractivity contribution in [2.24, 2.45) is 0 Å². The van der Waals surface area contributed by atoms with E-state index < -0.39 is 0 Å². The zero-order chi connectivity index (χ0) is 22.4. The summed E-state index contributed by atoms with van der Waals surface area (Å²) in [5, 5.41) is 9.94. The van der Waals surface area contributed by atoms with Crippen molar-refractivity contribution in [3.05, 3.63) is 53.0 Å². The average molecular weight is 449 g/mol. The molecule has 4 aromatic rings. The van der Waals surface area contributed by atoms with Crippen molar-refractivity contribution in [1.82, 2.24) is 14.8 Å². The molecule has 1 N–H and O–H groups in total. The molecule has 0 atom stereocenters. The number of benzene rings is 1. The van der Waals surface area contributed by atoms with E-state index in [1.807, 2.05) is 31.4 Å². The Morgan fingerprint density at radius 1 is 1.16 bits per heavy atom. The van der Waals surface area contributed by atoms with Crippen molar-refractivity contribution >= 4 is 39.7 Å². The van der Waals surface area contributed by atoms with Crippen molar-refractivity contribution in [3.8, 4) is 22.1 Å². The molecule has 3 aromatic heterocycles. The molecule has 1 amide bonds. The second-order valence-corrected chi connectivity index (χ2v) is 8.66. The molecule has 0 spiro atoms. The van der Waals surface area contributed by atoms with Gasteiger partial charge in [-0.15, -0.1) is 11.3 Å². The van der Waals surface area contributed by atoms with Crippen molar-refractivity contribution < 1.29 is 19.1 Å². The van der Waals surface area contributed by atoms with Crippen molar-refractivity contribution in [3.63, 3.8) is 0 Å². The molecule has 0 saturated heterocycles. The van der Waals surface area contributed by atoms with Crippen LogP contribution < -0.4 is 14.8 Å². The Balaban J connectivity index is 1.62. The first-order chi connectivity index (χ1) is 15.4. The highest BCUT2D eigenvalue weighted by atomic mass is 32.1. The summed E-state index contributed by atoms with van der Waals surface area (Å²) >= 11 is 1.55. The van der Waals surface area contributed by atoms with Gasteiger partial charge in [0, 0.05) is 17.7 Å². The van der Waals surface area contributed by atoms with E-state index in [0.29, 0.717) is 45.0 Å². The zero-order valence-electron chi connectivity index (χ0n) is 17.7. The molecular formula is C23H20N4O4S. The topological polar surface area (TPSA) is 95.3 Å². The van der Waals surface area contributed by atoms with E-state index in [0.717, 1.165) is 4.88 Å². The van der Waals surface area contributed by atoms with Gasteiger partial charge in [0.15, 0.2) is 22.9 Å². The number of amides is 1. The highest BCUT2D eigenvalue weighted by molar-refractivity contribution is 7.13. The van der Waals surface area contributed by atoms with Crippen LogP contribution in [-0.4, -0.2) is 33.2 Å². The first-order valence-corrected chi connectivity index (χ1v) is 11.0. The molecule has 1 aliphatic heterocycles. The fourth-order valence-corrected chi connectivity index (χ4v) is 4.35. The lowest BCUT2D eigenvalue weighted by Gasteiger charge is -2.13. The summed E-state index contributed by atoms with van der Waals surface area (Å²) in [6, 6.07) is 8.95. The Kier molecular flexibility index (Phi) is 4.90. The summed E-state index contributed by atoms with van der Waals surface area (Å²) in [6.45, 7) is 5.54. The number of Topliss-reactive ketones (excluding diaryl/α,β-unsaturated/α-hetero) is 1. The quantitative estimate of drug-likeness (QED) is 0.435. The number of pyridine rings is 1. The van der Waals surface area contributed by atoms with Crippen molar-refractivity contribution in [2.45, 2.75) is 26.8 Å². The van der Waals surface area contributed by atoms with Crippen molar-refractivity contribution in [1.29, 1.82) is 0 Å². The van der Waals surface area contributed by atoms with Crippen LogP contribution >= 0.6 is 11.3 Å². The van der Waals surface area contributed by atoms with E-state index in [4.69, 9.17) is 14.5 Å². The van der Waals surface area contributed by atoms with Gasteiger partial charge in [-0.25, -0.2) is 9.67 Å². The van der Waals surface area contributed by atoms with Gasteiger partial charge in [0.25, 0.3) is 5.91 Å². The molecule has 32 heavy (non-hydrogen) atoms. The number of rotatable bonds is 5. The highest BCUT2D eigenvalue weighted by Crippen LogP contribution is 2.38. The molecule has 8 nitrogen and oxygen atoms in total. The molecule has 0 saturated carbocycles.